The number of carbonyl (C=O) groups is 1. The number of nitrogens with zero attached hydrogens (tertiary/aromatic N) is 4. The van der Waals surface area contributed by atoms with Crippen molar-refractivity contribution >= 4 is 33.2 Å². The summed E-state index contributed by atoms with van der Waals surface area (Å²) in [5.41, 5.74) is 4.88. The van der Waals surface area contributed by atoms with Crippen molar-refractivity contribution < 1.29 is 32.2 Å². The molecule has 3 aromatic heterocycles. The van der Waals surface area contributed by atoms with Crippen LogP contribution in [0, 0.1) is 13.8 Å². The summed E-state index contributed by atoms with van der Waals surface area (Å²) in [5, 5.41) is 12.9. The molecule has 50 heavy (non-hydrogen) atoms. The molecule has 0 saturated heterocycles. The summed E-state index contributed by atoms with van der Waals surface area (Å²) in [7, 11) is -4.26. The number of fused-ring (bicyclic) bond motifs is 1. The topological polar surface area (TPSA) is 179 Å². The Morgan fingerprint density at radius 3 is 2.48 bits per heavy atom. The Hall–Kier alpha value is -4.92. The van der Waals surface area contributed by atoms with Gasteiger partial charge in [0.25, 0.3) is 10.0 Å². The third-order valence-corrected chi connectivity index (χ3v) is 9.85. The molecule has 1 unspecified atom stereocenters. The molecule has 5 aromatic rings. The second-order valence-electron chi connectivity index (χ2n) is 12.8. The molecule has 13 nitrogen and oxygen atoms in total. The largest absolute Gasteiger partial charge is 0.478 e. The summed E-state index contributed by atoms with van der Waals surface area (Å²) >= 11 is 0. The molecular formula is C36H40N6O7S. The fourth-order valence-corrected chi connectivity index (χ4v) is 6.50. The van der Waals surface area contributed by atoms with Crippen molar-refractivity contribution in [1.29, 1.82) is 0 Å². The van der Waals surface area contributed by atoms with Crippen molar-refractivity contribution in [2.45, 2.75) is 76.5 Å². The highest BCUT2D eigenvalue weighted by molar-refractivity contribution is 7.92. The summed E-state index contributed by atoms with van der Waals surface area (Å²) < 4.78 is 47.4. The molecule has 1 aliphatic rings. The van der Waals surface area contributed by atoms with Gasteiger partial charge in [0, 0.05) is 30.2 Å². The van der Waals surface area contributed by atoms with E-state index in [9.17, 15) is 18.3 Å². The summed E-state index contributed by atoms with van der Waals surface area (Å²) in [5.74, 6) is -0.282. The van der Waals surface area contributed by atoms with E-state index in [1.807, 2.05) is 52.0 Å². The summed E-state index contributed by atoms with van der Waals surface area (Å²) in [6.45, 7) is 8.89. The van der Waals surface area contributed by atoms with E-state index < -0.39 is 16.0 Å². The smallest absolute Gasteiger partial charge is 0.335 e. The van der Waals surface area contributed by atoms with Gasteiger partial charge in [-0.05, 0) is 62.4 Å². The van der Waals surface area contributed by atoms with Crippen LogP contribution in [0.1, 0.15) is 72.0 Å². The number of aromatic nitrogens is 4. The lowest BCUT2D eigenvalue weighted by atomic mass is 9.96. The van der Waals surface area contributed by atoms with Crippen LogP contribution in [0.25, 0.3) is 22.5 Å². The van der Waals surface area contributed by atoms with Gasteiger partial charge >= 0.3 is 5.97 Å². The number of furan rings is 1. The number of aromatic carboxylic acids is 1. The Morgan fingerprint density at radius 1 is 1.02 bits per heavy atom. The molecule has 262 valence electrons. The number of rotatable bonds is 15. The highest BCUT2D eigenvalue weighted by atomic mass is 32.2. The number of ether oxygens (including phenoxy) is 2. The minimum atomic E-state index is -4.26. The molecule has 0 radical (unpaired) electrons. The van der Waals surface area contributed by atoms with Crippen molar-refractivity contribution in [3.05, 3.63) is 88.9 Å². The number of carboxylic acid groups (broad SMARTS) is 1. The van der Waals surface area contributed by atoms with Crippen LogP contribution in [0.5, 0.6) is 5.88 Å². The lowest BCUT2D eigenvalue weighted by Crippen LogP contribution is -2.40. The molecule has 0 spiro atoms. The van der Waals surface area contributed by atoms with Gasteiger partial charge in [-0.3, -0.25) is 0 Å². The molecule has 14 heteroatoms. The lowest BCUT2D eigenvalue weighted by Gasteiger charge is -2.28. The van der Waals surface area contributed by atoms with Gasteiger partial charge in [-0.2, -0.15) is 4.98 Å². The zero-order chi connectivity index (χ0) is 35.4. The fourth-order valence-electron chi connectivity index (χ4n) is 5.51. The number of hydrogen-bond acceptors (Lipinski definition) is 11. The van der Waals surface area contributed by atoms with Gasteiger partial charge in [0.15, 0.2) is 0 Å². The van der Waals surface area contributed by atoms with E-state index in [1.165, 1.54) is 18.2 Å². The number of sulfonamides is 1. The lowest BCUT2D eigenvalue weighted by molar-refractivity contribution is -0.0142. The fraction of sp³-hybridized carbons (Fsp3) is 0.361. The van der Waals surface area contributed by atoms with Crippen LogP contribution in [-0.4, -0.2) is 64.8 Å². The molecule has 1 aliphatic carbocycles. The monoisotopic (exact) mass is 700 g/mol. The Bertz CT molecular complexity index is 2090. The minimum Gasteiger partial charge on any atom is -0.478 e. The molecule has 0 amide bonds. The van der Waals surface area contributed by atoms with Crippen molar-refractivity contribution in [1.82, 2.24) is 25.3 Å². The Balaban J connectivity index is 1.25. The normalized spacial score (nSPS) is 14.1. The van der Waals surface area contributed by atoms with Crippen molar-refractivity contribution in [2.75, 3.05) is 17.9 Å². The van der Waals surface area contributed by atoms with Crippen LogP contribution in [0.2, 0.25) is 0 Å². The predicted octanol–water partition coefficient (Wildman–Crippen LogP) is 6.03. The molecule has 2 aromatic carbocycles. The van der Waals surface area contributed by atoms with E-state index in [1.54, 1.807) is 12.3 Å². The van der Waals surface area contributed by atoms with Crippen molar-refractivity contribution in [2.24, 2.45) is 0 Å². The maximum Gasteiger partial charge on any atom is 0.335 e. The zero-order valence-electron chi connectivity index (χ0n) is 28.3. The molecule has 1 fully saturated rings. The number of nitrogens with one attached hydrogen (secondary N) is 2. The van der Waals surface area contributed by atoms with E-state index in [0.717, 1.165) is 53.5 Å². The molecule has 3 N–H and O–H groups in total. The van der Waals surface area contributed by atoms with E-state index in [4.69, 9.17) is 18.9 Å². The van der Waals surface area contributed by atoms with E-state index in [-0.39, 0.29) is 47.0 Å². The third kappa shape index (κ3) is 8.26. The number of anilines is 1. The summed E-state index contributed by atoms with van der Waals surface area (Å²) in [6, 6.07) is 14.2. The van der Waals surface area contributed by atoms with E-state index in [2.05, 4.69) is 25.0 Å². The Labute approximate surface area is 290 Å². The highest BCUT2D eigenvalue weighted by Gasteiger charge is 2.23. The number of hydrogen-bond donors (Lipinski definition) is 3. The van der Waals surface area contributed by atoms with Crippen LogP contribution in [0.15, 0.2) is 70.1 Å². The van der Waals surface area contributed by atoms with Crippen LogP contribution >= 0.6 is 0 Å². The van der Waals surface area contributed by atoms with Gasteiger partial charge in [0.05, 0.1) is 46.8 Å². The molecule has 6 rings (SSSR count). The Morgan fingerprint density at radius 2 is 1.78 bits per heavy atom. The maximum atomic E-state index is 13.4. The van der Waals surface area contributed by atoms with E-state index >= 15 is 0 Å². The van der Waals surface area contributed by atoms with Gasteiger partial charge in [0.1, 0.15) is 17.9 Å². The SMILES string of the molecule is Cc1cccc(C)c1-c1cc(OCC(COC2CCC2)NCc2cnc3oc(C(C)C)cc3n2)nc(NS(=O)(=O)c2cccc(C(=O)O)c2)n1. The average molecular weight is 701 g/mol. The first-order chi connectivity index (χ1) is 23.9. The minimum absolute atomic E-state index is 0.141. The quantitative estimate of drug-likeness (QED) is 0.116. The molecule has 3 heterocycles. The number of aryl methyl sites for hydroxylation is 2. The van der Waals surface area contributed by atoms with Crippen LogP contribution in [0.3, 0.4) is 0 Å². The van der Waals surface area contributed by atoms with Gasteiger partial charge in [-0.15, -0.1) is 0 Å². The van der Waals surface area contributed by atoms with Gasteiger partial charge < -0.3 is 24.3 Å². The predicted molar refractivity (Wildman–Crippen MR) is 187 cm³/mol. The average Bonchev–Trinajstić information content (AvgIpc) is 3.49. The van der Waals surface area contributed by atoms with Gasteiger partial charge in [-0.25, -0.2) is 32.9 Å². The second kappa shape index (κ2) is 14.9. The van der Waals surface area contributed by atoms with Crippen molar-refractivity contribution in [3.63, 3.8) is 0 Å². The Kier molecular flexibility index (Phi) is 10.4. The first-order valence-electron chi connectivity index (χ1n) is 16.5. The molecular weight excluding hydrogens is 660 g/mol. The van der Waals surface area contributed by atoms with E-state index in [0.29, 0.717) is 30.1 Å². The second-order valence-corrected chi connectivity index (χ2v) is 14.4. The number of carboxylic acids is 1. The van der Waals surface area contributed by atoms with Gasteiger partial charge in [-0.1, -0.05) is 38.1 Å². The molecule has 1 saturated carbocycles. The molecule has 0 bridgehead atoms. The van der Waals surface area contributed by atoms with Crippen LogP contribution < -0.4 is 14.8 Å². The maximum absolute atomic E-state index is 13.4. The van der Waals surface area contributed by atoms with Gasteiger partial charge in [0.2, 0.25) is 17.5 Å². The zero-order valence-corrected chi connectivity index (χ0v) is 29.2. The highest BCUT2D eigenvalue weighted by Crippen LogP contribution is 2.30. The first-order valence-corrected chi connectivity index (χ1v) is 18.0. The van der Waals surface area contributed by atoms with Crippen molar-refractivity contribution in [3.8, 4) is 17.1 Å². The number of benzene rings is 2. The standard InChI is InChI=1S/C36H40N6O7S/c1-21(2)31-15-30-34(49-31)38-18-25(39-30)17-37-26(19-47-27-11-7-12-27)20-48-32-16-29(33-22(3)8-5-9-23(33)4)40-36(41-32)42-50(45,46)28-13-6-10-24(14-28)35(43)44/h5-6,8-10,13-16,18,21,26-27,37H,7,11-12,17,19-20H2,1-4H3,(H,43,44)(H,40,41,42). The molecule has 0 aliphatic heterocycles. The summed E-state index contributed by atoms with van der Waals surface area (Å²) in [6.07, 6.45) is 5.04. The molecule has 1 atom stereocenters. The summed E-state index contributed by atoms with van der Waals surface area (Å²) in [4.78, 5) is 29.4. The van der Waals surface area contributed by atoms with Crippen LogP contribution in [0.4, 0.5) is 5.95 Å². The van der Waals surface area contributed by atoms with Crippen LogP contribution in [-0.2, 0) is 21.3 Å². The third-order valence-electron chi connectivity index (χ3n) is 8.52. The first kappa shape index (κ1) is 34.9.